The van der Waals surface area contributed by atoms with Crippen molar-refractivity contribution in [1.29, 1.82) is 0 Å². The summed E-state index contributed by atoms with van der Waals surface area (Å²) in [6.07, 6.45) is 1.04. The lowest BCUT2D eigenvalue weighted by Crippen LogP contribution is -2.39. The van der Waals surface area contributed by atoms with E-state index in [1.54, 1.807) is 0 Å². The Morgan fingerprint density at radius 2 is 2.06 bits per heavy atom. The Hall–Kier alpha value is -1.88. The molecule has 0 amide bonds. The van der Waals surface area contributed by atoms with Crippen LogP contribution in [-0.2, 0) is 0 Å². The van der Waals surface area contributed by atoms with Crippen molar-refractivity contribution in [3.8, 4) is 0 Å². The monoisotopic (exact) mass is 260 g/mol. The minimum Gasteiger partial charge on any atom is -0.361 e. The molecule has 0 saturated heterocycles. The molecule has 1 heterocycles. The second-order valence-corrected chi connectivity index (χ2v) is 4.30. The largest absolute Gasteiger partial charge is 0.361 e. The van der Waals surface area contributed by atoms with Gasteiger partial charge in [0.2, 0.25) is 0 Å². The molecule has 0 aliphatic carbocycles. The predicted octanol–water partition coefficient (Wildman–Crippen LogP) is 2.44. The lowest BCUT2D eigenvalue weighted by atomic mass is 10.2. The number of para-hydroxylation sites is 1. The van der Waals surface area contributed by atoms with Crippen molar-refractivity contribution in [2.24, 2.45) is 0 Å². The normalized spacial score (nSPS) is 10.1. The van der Waals surface area contributed by atoms with E-state index in [4.69, 9.17) is 12.2 Å². The van der Waals surface area contributed by atoms with E-state index < -0.39 is 0 Å². The summed E-state index contributed by atoms with van der Waals surface area (Å²) in [6.45, 7) is 2.95. The average molecular weight is 260 g/mol. The molecule has 4 nitrogen and oxygen atoms in total. The lowest BCUT2D eigenvalue weighted by molar-refractivity contribution is 0.825. The van der Waals surface area contributed by atoms with E-state index in [0.29, 0.717) is 5.11 Å². The Morgan fingerprint density at radius 1 is 1.22 bits per heavy atom. The minimum absolute atomic E-state index is 0.576. The van der Waals surface area contributed by atoms with Gasteiger partial charge in [-0.25, -0.2) is 4.98 Å². The maximum absolute atomic E-state index is 5.10. The topological polar surface area (TPSA) is 49.0 Å². The highest BCUT2D eigenvalue weighted by atomic mass is 32.1. The van der Waals surface area contributed by atoms with Crippen LogP contribution in [0.3, 0.4) is 0 Å². The first-order chi connectivity index (χ1) is 8.79. The standard InChI is InChI=1S/C13H16N4S/c1-2-9-14-13(18)17-16-12-8-7-10-5-3-4-6-11(10)15-12/h3-8H,2,9H2,1H3,(H,15,16)(H2,14,17,18). The lowest BCUT2D eigenvalue weighted by Gasteiger charge is -2.11. The van der Waals surface area contributed by atoms with Crippen molar-refractivity contribution in [2.75, 3.05) is 12.0 Å². The number of hydrogen-bond donors (Lipinski definition) is 3. The number of benzene rings is 1. The quantitative estimate of drug-likeness (QED) is 0.582. The van der Waals surface area contributed by atoms with Crippen molar-refractivity contribution in [1.82, 2.24) is 15.7 Å². The van der Waals surface area contributed by atoms with Gasteiger partial charge in [0.25, 0.3) is 0 Å². The number of nitrogens with zero attached hydrogens (tertiary/aromatic N) is 1. The predicted molar refractivity (Wildman–Crippen MR) is 79.4 cm³/mol. The van der Waals surface area contributed by atoms with Gasteiger partial charge in [-0.1, -0.05) is 25.1 Å². The number of hydrogen-bond acceptors (Lipinski definition) is 3. The van der Waals surface area contributed by atoms with Crippen LogP contribution in [0, 0.1) is 0 Å². The van der Waals surface area contributed by atoms with E-state index >= 15 is 0 Å². The Labute approximate surface area is 112 Å². The molecule has 0 atom stereocenters. The van der Waals surface area contributed by atoms with Crippen LogP contribution in [0.25, 0.3) is 10.9 Å². The van der Waals surface area contributed by atoms with E-state index in [9.17, 15) is 0 Å². The van der Waals surface area contributed by atoms with E-state index in [1.807, 2.05) is 36.4 Å². The van der Waals surface area contributed by atoms with Crippen LogP contribution in [0.4, 0.5) is 5.82 Å². The van der Waals surface area contributed by atoms with Crippen molar-refractivity contribution >= 4 is 34.1 Å². The second-order valence-electron chi connectivity index (χ2n) is 3.90. The first-order valence-corrected chi connectivity index (χ1v) is 6.36. The van der Waals surface area contributed by atoms with Crippen LogP contribution >= 0.6 is 12.2 Å². The summed E-state index contributed by atoms with van der Waals surface area (Å²) in [7, 11) is 0. The fourth-order valence-corrected chi connectivity index (χ4v) is 1.69. The van der Waals surface area contributed by atoms with Crippen molar-refractivity contribution in [3.63, 3.8) is 0 Å². The smallest absolute Gasteiger partial charge is 0.185 e. The molecule has 0 aliphatic rings. The Balaban J connectivity index is 1.97. The first kappa shape index (κ1) is 12.6. The number of thiocarbonyl (C=S) groups is 1. The average Bonchev–Trinajstić information content (AvgIpc) is 2.42. The van der Waals surface area contributed by atoms with E-state index in [1.165, 1.54) is 0 Å². The number of hydrazine groups is 1. The van der Waals surface area contributed by atoms with Crippen molar-refractivity contribution in [2.45, 2.75) is 13.3 Å². The summed E-state index contributed by atoms with van der Waals surface area (Å²) in [4.78, 5) is 4.47. The van der Waals surface area contributed by atoms with Crippen LogP contribution in [0.15, 0.2) is 36.4 Å². The zero-order chi connectivity index (χ0) is 12.8. The van der Waals surface area contributed by atoms with Crippen LogP contribution in [0.1, 0.15) is 13.3 Å². The van der Waals surface area contributed by atoms with E-state index in [-0.39, 0.29) is 0 Å². The number of fused-ring (bicyclic) bond motifs is 1. The van der Waals surface area contributed by atoms with Gasteiger partial charge >= 0.3 is 0 Å². The third-order valence-corrected chi connectivity index (χ3v) is 2.68. The molecule has 0 unspecified atom stereocenters. The molecule has 0 saturated carbocycles. The van der Waals surface area contributed by atoms with Gasteiger partial charge in [0.1, 0.15) is 5.82 Å². The molecule has 0 radical (unpaired) electrons. The molecule has 1 aromatic heterocycles. The summed E-state index contributed by atoms with van der Waals surface area (Å²) >= 11 is 5.10. The second kappa shape index (κ2) is 6.16. The van der Waals surface area contributed by atoms with Crippen LogP contribution in [0.5, 0.6) is 0 Å². The molecule has 18 heavy (non-hydrogen) atoms. The van der Waals surface area contributed by atoms with E-state index in [0.717, 1.165) is 29.7 Å². The molecule has 2 rings (SSSR count). The Morgan fingerprint density at radius 3 is 2.89 bits per heavy atom. The number of nitrogens with one attached hydrogen (secondary N) is 3. The molecule has 0 aliphatic heterocycles. The molecular formula is C13H16N4S. The molecule has 1 aromatic carbocycles. The molecule has 0 bridgehead atoms. The van der Waals surface area contributed by atoms with Gasteiger partial charge in [0.05, 0.1) is 5.52 Å². The van der Waals surface area contributed by atoms with Gasteiger partial charge in [-0.05, 0) is 36.8 Å². The molecular weight excluding hydrogens is 244 g/mol. The molecule has 94 valence electrons. The maximum Gasteiger partial charge on any atom is 0.185 e. The fourth-order valence-electron chi connectivity index (χ4n) is 1.54. The van der Waals surface area contributed by atoms with E-state index in [2.05, 4.69) is 28.1 Å². The summed E-state index contributed by atoms with van der Waals surface area (Å²) in [5, 5.41) is 4.77. The summed E-state index contributed by atoms with van der Waals surface area (Å²) in [5.74, 6) is 0.745. The highest BCUT2D eigenvalue weighted by molar-refractivity contribution is 7.80. The molecule has 3 N–H and O–H groups in total. The third-order valence-electron chi connectivity index (χ3n) is 2.44. The third kappa shape index (κ3) is 3.30. The maximum atomic E-state index is 5.10. The first-order valence-electron chi connectivity index (χ1n) is 5.95. The zero-order valence-electron chi connectivity index (χ0n) is 10.2. The Bertz CT molecular complexity index is 541. The summed E-state index contributed by atoms with van der Waals surface area (Å²) < 4.78 is 0. The molecule has 2 aromatic rings. The summed E-state index contributed by atoms with van der Waals surface area (Å²) in [5.41, 5.74) is 6.84. The van der Waals surface area contributed by atoms with Gasteiger partial charge in [-0.15, -0.1) is 0 Å². The van der Waals surface area contributed by atoms with Crippen molar-refractivity contribution < 1.29 is 0 Å². The molecule has 5 heteroatoms. The van der Waals surface area contributed by atoms with Gasteiger partial charge in [0, 0.05) is 11.9 Å². The van der Waals surface area contributed by atoms with Crippen LogP contribution in [-0.4, -0.2) is 16.6 Å². The minimum atomic E-state index is 0.576. The fraction of sp³-hybridized carbons (Fsp3) is 0.231. The van der Waals surface area contributed by atoms with Crippen LogP contribution in [0.2, 0.25) is 0 Å². The molecule has 0 fully saturated rings. The number of anilines is 1. The van der Waals surface area contributed by atoms with Crippen molar-refractivity contribution in [3.05, 3.63) is 36.4 Å². The van der Waals surface area contributed by atoms with Crippen LogP contribution < -0.4 is 16.2 Å². The number of aromatic nitrogens is 1. The summed E-state index contributed by atoms with van der Waals surface area (Å²) in [6, 6.07) is 11.9. The molecule has 0 spiro atoms. The Kier molecular flexibility index (Phi) is 4.30. The number of pyridine rings is 1. The highest BCUT2D eigenvalue weighted by Crippen LogP contribution is 2.13. The van der Waals surface area contributed by atoms with Gasteiger partial charge in [-0.3, -0.25) is 10.9 Å². The SMILES string of the molecule is CCCNC(=S)NNc1ccc2ccccc2n1. The number of rotatable bonds is 4. The van der Waals surface area contributed by atoms with Gasteiger partial charge in [0.15, 0.2) is 5.11 Å². The zero-order valence-corrected chi connectivity index (χ0v) is 11.1. The van der Waals surface area contributed by atoms with Gasteiger partial charge < -0.3 is 5.32 Å². The van der Waals surface area contributed by atoms with Gasteiger partial charge in [-0.2, -0.15) is 0 Å². The highest BCUT2D eigenvalue weighted by Gasteiger charge is 1.98.